The van der Waals surface area contributed by atoms with Crippen molar-refractivity contribution in [3.05, 3.63) is 41.8 Å². The lowest BCUT2D eigenvalue weighted by atomic mass is 9.84. The van der Waals surface area contributed by atoms with Crippen LogP contribution in [0.5, 0.6) is 0 Å². The lowest BCUT2D eigenvalue weighted by Gasteiger charge is -2.30. The first kappa shape index (κ1) is 18.2. The summed E-state index contributed by atoms with van der Waals surface area (Å²) in [5.74, 6) is 1.65. The molecular formula is C21H28FN5. The molecule has 2 heterocycles. The van der Waals surface area contributed by atoms with Gasteiger partial charge in [0.15, 0.2) is 0 Å². The Balaban J connectivity index is 1.51. The van der Waals surface area contributed by atoms with Crippen molar-refractivity contribution in [2.24, 2.45) is 5.73 Å². The monoisotopic (exact) mass is 369 g/mol. The van der Waals surface area contributed by atoms with Gasteiger partial charge in [-0.15, -0.1) is 0 Å². The van der Waals surface area contributed by atoms with Gasteiger partial charge in [-0.1, -0.05) is 19.3 Å². The molecule has 1 unspecified atom stereocenters. The molecule has 1 aliphatic heterocycles. The number of nitrogens with one attached hydrogen (secondary N) is 1. The van der Waals surface area contributed by atoms with Gasteiger partial charge >= 0.3 is 0 Å². The third-order valence-electron chi connectivity index (χ3n) is 5.70. The molecule has 0 radical (unpaired) electrons. The molecule has 1 saturated carbocycles. The highest BCUT2D eigenvalue weighted by Gasteiger charge is 2.20. The van der Waals surface area contributed by atoms with Crippen LogP contribution in [0.4, 0.5) is 21.8 Å². The molecule has 27 heavy (non-hydrogen) atoms. The number of hydrogen-bond acceptors (Lipinski definition) is 5. The van der Waals surface area contributed by atoms with Crippen molar-refractivity contribution < 1.29 is 4.39 Å². The molecule has 3 N–H and O–H groups in total. The number of nitrogens with zero attached hydrogens (tertiary/aromatic N) is 3. The smallest absolute Gasteiger partial charge is 0.227 e. The number of rotatable bonds is 4. The number of hydrogen-bond donors (Lipinski definition) is 2. The van der Waals surface area contributed by atoms with E-state index in [-0.39, 0.29) is 11.9 Å². The first-order valence-corrected chi connectivity index (χ1v) is 10.1. The summed E-state index contributed by atoms with van der Waals surface area (Å²) in [5, 5.41) is 3.33. The normalized spacial score (nSPS) is 21.3. The predicted molar refractivity (Wildman–Crippen MR) is 107 cm³/mol. The Morgan fingerprint density at radius 2 is 1.93 bits per heavy atom. The van der Waals surface area contributed by atoms with Gasteiger partial charge in [0.2, 0.25) is 5.95 Å². The fraction of sp³-hybridized carbons (Fsp3) is 0.524. The number of nitrogens with two attached hydrogens (primary N) is 1. The highest BCUT2D eigenvalue weighted by atomic mass is 19.1. The summed E-state index contributed by atoms with van der Waals surface area (Å²) in [6, 6.07) is 7.31. The largest absolute Gasteiger partial charge is 0.340 e. The van der Waals surface area contributed by atoms with Crippen LogP contribution in [-0.2, 0) is 0 Å². The summed E-state index contributed by atoms with van der Waals surface area (Å²) < 4.78 is 14.4. The van der Waals surface area contributed by atoms with Crippen LogP contribution < -0.4 is 16.0 Å². The zero-order valence-electron chi connectivity index (χ0n) is 15.7. The Labute approximate surface area is 160 Å². The van der Waals surface area contributed by atoms with E-state index in [0.717, 1.165) is 55.8 Å². The lowest BCUT2D eigenvalue weighted by molar-refractivity contribution is 0.430. The minimum absolute atomic E-state index is 0.0990. The minimum atomic E-state index is -0.0990. The minimum Gasteiger partial charge on any atom is -0.340 e. The summed E-state index contributed by atoms with van der Waals surface area (Å²) in [6.45, 7) is 1.71. The topological polar surface area (TPSA) is 67.1 Å². The van der Waals surface area contributed by atoms with Crippen LogP contribution in [0.25, 0.3) is 0 Å². The van der Waals surface area contributed by atoms with Crippen LogP contribution in [-0.4, -0.2) is 29.1 Å². The zero-order valence-corrected chi connectivity index (χ0v) is 15.7. The van der Waals surface area contributed by atoms with Gasteiger partial charge in [-0.3, -0.25) is 0 Å². The van der Waals surface area contributed by atoms with Crippen molar-refractivity contribution in [2.75, 3.05) is 23.3 Å². The molecule has 1 aromatic carbocycles. The zero-order chi connectivity index (χ0) is 18.6. The number of benzene rings is 1. The van der Waals surface area contributed by atoms with Gasteiger partial charge in [-0.25, -0.2) is 9.37 Å². The molecule has 2 aromatic rings. The first-order valence-electron chi connectivity index (χ1n) is 10.1. The average Bonchev–Trinajstić information content (AvgIpc) is 2.70. The van der Waals surface area contributed by atoms with Gasteiger partial charge in [0.05, 0.1) is 0 Å². The van der Waals surface area contributed by atoms with Crippen molar-refractivity contribution in [1.82, 2.24) is 9.97 Å². The van der Waals surface area contributed by atoms with Crippen molar-refractivity contribution in [3.8, 4) is 0 Å². The maximum atomic E-state index is 14.4. The second-order valence-electron chi connectivity index (χ2n) is 7.79. The average molecular weight is 369 g/mol. The van der Waals surface area contributed by atoms with E-state index in [1.165, 1.54) is 19.3 Å². The number of halogens is 1. The van der Waals surface area contributed by atoms with Crippen LogP contribution >= 0.6 is 0 Å². The molecule has 1 atom stereocenters. The van der Waals surface area contributed by atoms with E-state index in [1.807, 2.05) is 12.1 Å². The van der Waals surface area contributed by atoms with E-state index < -0.39 is 0 Å². The summed E-state index contributed by atoms with van der Waals surface area (Å²) >= 11 is 0. The SMILES string of the molecule is NC1CCCN(c2nccc(Nc3ccc(F)c(C4CCCCC4)c3)n2)C1. The van der Waals surface area contributed by atoms with Crippen molar-refractivity contribution in [2.45, 2.75) is 56.9 Å². The highest BCUT2D eigenvalue weighted by molar-refractivity contribution is 5.58. The second-order valence-corrected chi connectivity index (χ2v) is 7.79. The van der Waals surface area contributed by atoms with Crippen LogP contribution in [0.2, 0.25) is 0 Å². The fourth-order valence-corrected chi connectivity index (χ4v) is 4.26. The first-order chi connectivity index (χ1) is 13.2. The van der Waals surface area contributed by atoms with Crippen molar-refractivity contribution >= 4 is 17.5 Å². The molecule has 4 rings (SSSR count). The van der Waals surface area contributed by atoms with Crippen LogP contribution in [0.1, 0.15) is 56.4 Å². The summed E-state index contributed by atoms with van der Waals surface area (Å²) in [7, 11) is 0. The summed E-state index contributed by atoms with van der Waals surface area (Å²) in [4.78, 5) is 11.2. The molecule has 1 saturated heterocycles. The molecule has 144 valence electrons. The Morgan fingerprint density at radius 1 is 1.07 bits per heavy atom. The Hall–Kier alpha value is -2.21. The molecule has 6 heteroatoms. The van der Waals surface area contributed by atoms with E-state index in [4.69, 9.17) is 5.73 Å². The van der Waals surface area contributed by atoms with E-state index in [0.29, 0.717) is 11.9 Å². The van der Waals surface area contributed by atoms with Crippen molar-refractivity contribution in [3.63, 3.8) is 0 Å². The van der Waals surface area contributed by atoms with Crippen LogP contribution in [0, 0.1) is 5.82 Å². The van der Waals surface area contributed by atoms with Crippen LogP contribution in [0.3, 0.4) is 0 Å². The second kappa shape index (κ2) is 8.21. The van der Waals surface area contributed by atoms with Gasteiger partial charge < -0.3 is 16.0 Å². The van der Waals surface area contributed by atoms with E-state index >= 15 is 0 Å². The predicted octanol–water partition coefficient (Wildman–Crippen LogP) is 4.33. The molecule has 2 aliphatic rings. The molecule has 0 amide bonds. The standard InChI is InChI=1S/C21H28FN5/c22-19-9-8-17(13-18(19)15-5-2-1-3-6-15)25-20-10-11-24-21(26-20)27-12-4-7-16(23)14-27/h8-11,13,15-16H,1-7,12,14,23H2,(H,24,25,26). The number of aromatic nitrogens is 2. The third-order valence-corrected chi connectivity index (χ3v) is 5.70. The van der Waals surface area contributed by atoms with Crippen LogP contribution in [0.15, 0.2) is 30.5 Å². The Morgan fingerprint density at radius 3 is 2.74 bits per heavy atom. The number of piperidine rings is 1. The highest BCUT2D eigenvalue weighted by Crippen LogP contribution is 2.35. The molecule has 5 nitrogen and oxygen atoms in total. The van der Waals surface area contributed by atoms with E-state index in [2.05, 4.69) is 20.2 Å². The maximum Gasteiger partial charge on any atom is 0.227 e. The number of anilines is 3. The maximum absolute atomic E-state index is 14.4. The molecular weight excluding hydrogens is 341 g/mol. The quantitative estimate of drug-likeness (QED) is 0.839. The van der Waals surface area contributed by atoms with E-state index in [1.54, 1.807) is 18.3 Å². The van der Waals surface area contributed by atoms with Gasteiger partial charge in [0.25, 0.3) is 0 Å². The van der Waals surface area contributed by atoms with Gasteiger partial charge in [0.1, 0.15) is 11.6 Å². The van der Waals surface area contributed by atoms with E-state index in [9.17, 15) is 4.39 Å². The van der Waals surface area contributed by atoms with Crippen molar-refractivity contribution in [1.29, 1.82) is 0 Å². The molecule has 1 aromatic heterocycles. The Bertz CT molecular complexity index is 775. The third kappa shape index (κ3) is 4.38. The molecule has 1 aliphatic carbocycles. The lowest BCUT2D eigenvalue weighted by Crippen LogP contribution is -2.43. The molecule has 0 spiro atoms. The van der Waals surface area contributed by atoms with Gasteiger partial charge in [-0.2, -0.15) is 4.98 Å². The molecule has 2 fully saturated rings. The van der Waals surface area contributed by atoms with Gasteiger partial charge in [0, 0.05) is 31.0 Å². The van der Waals surface area contributed by atoms with Gasteiger partial charge in [-0.05, 0) is 61.4 Å². The summed E-state index contributed by atoms with van der Waals surface area (Å²) in [6.07, 6.45) is 9.67. The fourth-order valence-electron chi connectivity index (χ4n) is 4.26. The molecule has 0 bridgehead atoms. The summed E-state index contributed by atoms with van der Waals surface area (Å²) in [5.41, 5.74) is 7.78. The Kier molecular flexibility index (Phi) is 5.53.